The number of carbonyl (C=O) groups is 1. The van der Waals surface area contributed by atoms with Crippen molar-refractivity contribution in [3.8, 4) is 0 Å². The van der Waals surface area contributed by atoms with Crippen LogP contribution in [-0.2, 0) is 0 Å². The number of amides is 1. The van der Waals surface area contributed by atoms with E-state index in [1.165, 1.54) is 0 Å². The molecule has 8 heavy (non-hydrogen) atoms. The molecule has 0 fully saturated rings. The van der Waals surface area contributed by atoms with Gasteiger partial charge in [0.15, 0.2) is 0 Å². The fraction of sp³-hybridized carbons (Fsp3) is 0.800. The second kappa shape index (κ2) is 2.40. The maximum absolute atomic E-state index is 10.8. The Morgan fingerprint density at radius 1 is 1.38 bits per heavy atom. The van der Waals surface area contributed by atoms with Crippen molar-refractivity contribution in [2.45, 2.75) is 0 Å². The summed E-state index contributed by atoms with van der Waals surface area (Å²) in [6.07, 6.45) is 5.89. The van der Waals surface area contributed by atoms with Crippen LogP contribution in [0.2, 0.25) is 0 Å². The van der Waals surface area contributed by atoms with E-state index in [4.69, 9.17) is 0 Å². The smallest absolute Gasteiger partial charge is 0.260 e. The predicted molar refractivity (Wildman–Crippen MR) is 39.8 cm³/mol. The largest absolute Gasteiger partial charge is 0.351 e. The number of nitrogens with one attached hydrogen (secondary N) is 1. The SMILES string of the molecule is CNC(=O)S(C)(C)C. The highest BCUT2D eigenvalue weighted by molar-refractivity contribution is 8.43. The van der Waals surface area contributed by atoms with Gasteiger partial charge in [-0.2, -0.15) is 10.0 Å². The molecular weight excluding hydrogens is 122 g/mol. The fourth-order valence-corrected chi connectivity index (χ4v) is 0.919. The fourth-order valence-electron chi connectivity index (χ4n) is 0.306. The van der Waals surface area contributed by atoms with Gasteiger partial charge in [0.2, 0.25) is 0 Å². The zero-order valence-corrected chi connectivity index (χ0v) is 6.63. The van der Waals surface area contributed by atoms with E-state index >= 15 is 0 Å². The lowest BCUT2D eigenvalue weighted by Gasteiger charge is -2.21. The van der Waals surface area contributed by atoms with E-state index in [-0.39, 0.29) is 5.24 Å². The van der Waals surface area contributed by atoms with E-state index in [1.54, 1.807) is 7.05 Å². The van der Waals surface area contributed by atoms with Crippen LogP contribution in [0.25, 0.3) is 0 Å². The molecule has 3 heteroatoms. The van der Waals surface area contributed by atoms with Crippen LogP contribution in [0.15, 0.2) is 0 Å². The molecule has 0 saturated heterocycles. The third-order valence-electron chi connectivity index (χ3n) is 0.760. The average Bonchev–Trinajstić information content (AvgIpc) is 1.62. The summed E-state index contributed by atoms with van der Waals surface area (Å²) in [6, 6.07) is 0. The molecule has 0 unspecified atom stereocenters. The summed E-state index contributed by atoms with van der Waals surface area (Å²) in [5, 5.41) is 2.77. The first-order valence-electron chi connectivity index (χ1n) is 2.38. The van der Waals surface area contributed by atoms with Gasteiger partial charge >= 0.3 is 0 Å². The Labute approximate surface area is 52.0 Å². The second-order valence-corrected chi connectivity index (χ2v) is 6.42. The Hall–Kier alpha value is -0.180. The molecule has 0 aromatic carbocycles. The van der Waals surface area contributed by atoms with Crippen molar-refractivity contribution in [3.05, 3.63) is 0 Å². The lowest BCUT2D eigenvalue weighted by molar-refractivity contribution is 0.262. The van der Waals surface area contributed by atoms with Crippen LogP contribution in [0.4, 0.5) is 4.79 Å². The minimum absolute atomic E-state index is 0.164. The van der Waals surface area contributed by atoms with Gasteiger partial charge < -0.3 is 5.32 Å². The van der Waals surface area contributed by atoms with Gasteiger partial charge in [0, 0.05) is 7.05 Å². The zero-order chi connectivity index (χ0) is 6.78. The van der Waals surface area contributed by atoms with Gasteiger partial charge in [-0.05, 0) is 18.8 Å². The first kappa shape index (κ1) is 7.82. The van der Waals surface area contributed by atoms with Gasteiger partial charge in [-0.3, -0.25) is 4.79 Å². The number of hydrogen-bond donors (Lipinski definition) is 1. The monoisotopic (exact) mass is 135 g/mol. The molecule has 0 radical (unpaired) electrons. The summed E-state index contributed by atoms with van der Waals surface area (Å²) in [7, 11) is 0.664. The van der Waals surface area contributed by atoms with E-state index in [2.05, 4.69) is 5.32 Å². The minimum atomic E-state index is -1.00. The molecule has 0 saturated carbocycles. The molecule has 0 aliphatic heterocycles. The van der Waals surface area contributed by atoms with E-state index < -0.39 is 10.0 Å². The maximum atomic E-state index is 10.8. The lowest BCUT2D eigenvalue weighted by Crippen LogP contribution is -2.20. The Morgan fingerprint density at radius 3 is 1.75 bits per heavy atom. The summed E-state index contributed by atoms with van der Waals surface area (Å²) >= 11 is 0. The quantitative estimate of drug-likeness (QED) is 0.528. The summed E-state index contributed by atoms with van der Waals surface area (Å²) in [5.41, 5.74) is 0. The molecule has 2 nitrogen and oxygen atoms in total. The van der Waals surface area contributed by atoms with Gasteiger partial charge in [0.05, 0.1) is 0 Å². The van der Waals surface area contributed by atoms with E-state index in [9.17, 15) is 4.79 Å². The summed E-state index contributed by atoms with van der Waals surface area (Å²) in [5.74, 6) is 0. The Balaban J connectivity index is 3.82. The van der Waals surface area contributed by atoms with Gasteiger partial charge in [0.1, 0.15) is 0 Å². The lowest BCUT2D eigenvalue weighted by atomic mass is 11.2. The molecule has 0 aromatic rings. The molecule has 1 amide bonds. The van der Waals surface area contributed by atoms with Crippen LogP contribution in [0, 0.1) is 0 Å². The highest BCUT2D eigenvalue weighted by Gasteiger charge is 2.11. The van der Waals surface area contributed by atoms with Crippen molar-refractivity contribution >= 4 is 15.3 Å². The van der Waals surface area contributed by atoms with Crippen molar-refractivity contribution in [2.24, 2.45) is 0 Å². The molecule has 0 aliphatic rings. The van der Waals surface area contributed by atoms with E-state index in [0.29, 0.717) is 0 Å². The van der Waals surface area contributed by atoms with Gasteiger partial charge in [-0.25, -0.2) is 0 Å². The predicted octanol–water partition coefficient (Wildman–Crippen LogP) is 1.02. The van der Waals surface area contributed by atoms with Gasteiger partial charge in [-0.1, -0.05) is 0 Å². The summed E-state index contributed by atoms with van der Waals surface area (Å²) in [4.78, 5) is 10.8. The normalized spacial score (nSPS) is 13.0. The molecule has 0 bridgehead atoms. The third kappa shape index (κ3) is 2.21. The second-order valence-electron chi connectivity index (χ2n) is 2.37. The topological polar surface area (TPSA) is 29.1 Å². The Kier molecular flexibility index (Phi) is 2.34. The van der Waals surface area contributed by atoms with E-state index in [1.807, 2.05) is 18.8 Å². The highest BCUT2D eigenvalue weighted by Crippen LogP contribution is 2.34. The molecule has 0 rings (SSSR count). The molecule has 0 aliphatic carbocycles. The van der Waals surface area contributed by atoms with Crippen LogP contribution < -0.4 is 5.32 Å². The van der Waals surface area contributed by atoms with Gasteiger partial charge in [-0.15, -0.1) is 0 Å². The molecule has 0 aromatic heterocycles. The molecule has 1 N–H and O–H groups in total. The number of rotatable bonds is 0. The van der Waals surface area contributed by atoms with Crippen LogP contribution in [0.1, 0.15) is 0 Å². The molecular formula is C5H13NOS. The van der Waals surface area contributed by atoms with Crippen LogP contribution >= 0.6 is 10.0 Å². The molecule has 50 valence electrons. The minimum Gasteiger partial charge on any atom is -0.351 e. The van der Waals surface area contributed by atoms with E-state index in [0.717, 1.165) is 0 Å². The van der Waals surface area contributed by atoms with Crippen molar-refractivity contribution < 1.29 is 4.79 Å². The maximum Gasteiger partial charge on any atom is 0.260 e. The van der Waals surface area contributed by atoms with Crippen LogP contribution in [0.3, 0.4) is 0 Å². The van der Waals surface area contributed by atoms with Gasteiger partial charge in [0.25, 0.3) is 5.24 Å². The Bertz CT molecular complexity index is 95.1. The van der Waals surface area contributed by atoms with Crippen LogP contribution in [0.5, 0.6) is 0 Å². The summed E-state index contributed by atoms with van der Waals surface area (Å²) < 4.78 is 0. The van der Waals surface area contributed by atoms with Crippen molar-refractivity contribution in [1.29, 1.82) is 0 Å². The highest BCUT2D eigenvalue weighted by atomic mass is 32.3. The number of hydrogen-bond acceptors (Lipinski definition) is 1. The first-order valence-corrected chi connectivity index (χ1v) is 5.24. The molecule has 0 spiro atoms. The Morgan fingerprint density at radius 2 is 1.75 bits per heavy atom. The van der Waals surface area contributed by atoms with Crippen molar-refractivity contribution in [3.63, 3.8) is 0 Å². The zero-order valence-electron chi connectivity index (χ0n) is 5.82. The molecule has 0 atom stereocenters. The number of carbonyl (C=O) groups excluding carboxylic acids is 1. The molecule has 0 heterocycles. The first-order chi connectivity index (χ1) is 3.48. The average molecular weight is 135 g/mol. The standard InChI is InChI=1S/C5H13NOS/c1-6-5(7)8(2,3)4/h1-4H3,(H,6,7). The van der Waals surface area contributed by atoms with Crippen LogP contribution in [-0.4, -0.2) is 31.1 Å². The summed E-state index contributed by atoms with van der Waals surface area (Å²) in [6.45, 7) is 0. The third-order valence-corrected chi connectivity index (χ3v) is 2.08. The van der Waals surface area contributed by atoms with Crippen molar-refractivity contribution in [1.82, 2.24) is 5.32 Å². The van der Waals surface area contributed by atoms with Crippen molar-refractivity contribution in [2.75, 3.05) is 25.8 Å².